The third-order valence-electron chi connectivity index (χ3n) is 3.41. The molecule has 0 amide bonds. The van der Waals surface area contributed by atoms with Gasteiger partial charge in [-0.15, -0.1) is 0 Å². The highest BCUT2D eigenvalue weighted by Crippen LogP contribution is 2.19. The van der Waals surface area contributed by atoms with Gasteiger partial charge >= 0.3 is 0 Å². The number of hydrogen-bond acceptors (Lipinski definition) is 3. The molecule has 2 rings (SSSR count). The summed E-state index contributed by atoms with van der Waals surface area (Å²) in [5.74, 6) is 0.607. The van der Waals surface area contributed by atoms with Gasteiger partial charge in [-0.2, -0.15) is 0 Å². The molecule has 5 heteroatoms. The highest BCUT2D eigenvalue weighted by molar-refractivity contribution is 7.91. The Hall–Kier alpha value is -0.580. The van der Waals surface area contributed by atoms with Crippen molar-refractivity contribution in [3.63, 3.8) is 0 Å². The molecule has 1 N–H and O–H groups in total. The molecular formula is C13H18ClNO2S. The average molecular weight is 288 g/mol. The molecule has 1 heterocycles. The maximum absolute atomic E-state index is 11.3. The van der Waals surface area contributed by atoms with Crippen LogP contribution in [0.1, 0.15) is 31.4 Å². The van der Waals surface area contributed by atoms with Gasteiger partial charge in [0.15, 0.2) is 0 Å². The number of hydrogen-bond donors (Lipinski definition) is 1. The van der Waals surface area contributed by atoms with Gasteiger partial charge in [0.2, 0.25) is 0 Å². The molecular weight excluding hydrogens is 270 g/mol. The van der Waals surface area contributed by atoms with Crippen LogP contribution in [0.5, 0.6) is 0 Å². The summed E-state index contributed by atoms with van der Waals surface area (Å²) >= 11 is 5.85. The SMILES string of the molecule is C[C@@H](NC1CCS(=O)(=O)CC1)c1ccc(Cl)cc1. The van der Waals surface area contributed by atoms with Gasteiger partial charge in [-0.1, -0.05) is 23.7 Å². The fourth-order valence-electron chi connectivity index (χ4n) is 2.26. The van der Waals surface area contributed by atoms with Crippen molar-refractivity contribution in [2.75, 3.05) is 11.5 Å². The molecule has 0 aliphatic carbocycles. The van der Waals surface area contributed by atoms with Crippen molar-refractivity contribution in [1.82, 2.24) is 5.32 Å². The van der Waals surface area contributed by atoms with Crippen LogP contribution in [-0.4, -0.2) is 26.0 Å². The average Bonchev–Trinajstić information content (AvgIpc) is 2.33. The van der Waals surface area contributed by atoms with E-state index < -0.39 is 9.84 Å². The lowest BCUT2D eigenvalue weighted by atomic mass is 10.1. The van der Waals surface area contributed by atoms with E-state index in [4.69, 9.17) is 11.6 Å². The maximum atomic E-state index is 11.3. The fraction of sp³-hybridized carbons (Fsp3) is 0.538. The topological polar surface area (TPSA) is 46.2 Å². The van der Waals surface area contributed by atoms with Crippen LogP contribution in [0, 0.1) is 0 Å². The van der Waals surface area contributed by atoms with Crippen molar-refractivity contribution in [2.45, 2.75) is 31.8 Å². The van der Waals surface area contributed by atoms with Crippen molar-refractivity contribution in [2.24, 2.45) is 0 Å². The second-order valence-electron chi connectivity index (χ2n) is 4.87. The highest BCUT2D eigenvalue weighted by atomic mass is 35.5. The number of rotatable bonds is 3. The van der Waals surface area contributed by atoms with E-state index in [1.807, 2.05) is 24.3 Å². The zero-order valence-corrected chi connectivity index (χ0v) is 12.0. The van der Waals surface area contributed by atoms with E-state index in [1.165, 1.54) is 5.56 Å². The summed E-state index contributed by atoms with van der Waals surface area (Å²) in [6.07, 6.45) is 1.42. The smallest absolute Gasteiger partial charge is 0.150 e. The van der Waals surface area contributed by atoms with Gasteiger partial charge in [-0.3, -0.25) is 0 Å². The van der Waals surface area contributed by atoms with Gasteiger partial charge in [-0.25, -0.2) is 8.42 Å². The van der Waals surface area contributed by atoms with Crippen LogP contribution in [-0.2, 0) is 9.84 Å². The van der Waals surface area contributed by atoms with Gasteiger partial charge in [0.25, 0.3) is 0 Å². The molecule has 18 heavy (non-hydrogen) atoms. The van der Waals surface area contributed by atoms with Crippen molar-refractivity contribution in [1.29, 1.82) is 0 Å². The fourth-order valence-corrected chi connectivity index (χ4v) is 3.88. The van der Waals surface area contributed by atoms with Crippen LogP contribution in [0.15, 0.2) is 24.3 Å². The lowest BCUT2D eigenvalue weighted by molar-refractivity contribution is 0.420. The Kier molecular flexibility index (Phi) is 4.30. The lowest BCUT2D eigenvalue weighted by Crippen LogP contribution is -2.38. The number of nitrogens with one attached hydrogen (secondary N) is 1. The van der Waals surface area contributed by atoms with Crippen LogP contribution in [0.25, 0.3) is 0 Å². The Labute approximate surface area is 113 Å². The van der Waals surface area contributed by atoms with Crippen molar-refractivity contribution in [3.8, 4) is 0 Å². The molecule has 0 radical (unpaired) electrons. The van der Waals surface area contributed by atoms with E-state index >= 15 is 0 Å². The largest absolute Gasteiger partial charge is 0.307 e. The second kappa shape index (κ2) is 5.59. The Morgan fingerprint density at radius 1 is 1.22 bits per heavy atom. The molecule has 0 saturated carbocycles. The first-order valence-corrected chi connectivity index (χ1v) is 8.38. The molecule has 3 nitrogen and oxygen atoms in total. The normalized spacial score (nSPS) is 21.7. The Balaban J connectivity index is 1.92. The molecule has 0 aromatic heterocycles. The number of halogens is 1. The van der Waals surface area contributed by atoms with Crippen LogP contribution in [0.2, 0.25) is 5.02 Å². The van der Waals surface area contributed by atoms with E-state index in [0.717, 1.165) is 5.02 Å². The monoisotopic (exact) mass is 287 g/mol. The predicted octanol–water partition coefficient (Wildman–Crippen LogP) is 2.57. The molecule has 1 aromatic rings. The predicted molar refractivity (Wildman–Crippen MR) is 74.7 cm³/mol. The molecule has 0 spiro atoms. The van der Waals surface area contributed by atoms with Gasteiger partial charge in [0.05, 0.1) is 11.5 Å². The second-order valence-corrected chi connectivity index (χ2v) is 7.61. The summed E-state index contributed by atoms with van der Waals surface area (Å²) in [5.41, 5.74) is 1.17. The first-order valence-electron chi connectivity index (χ1n) is 6.18. The summed E-state index contributed by atoms with van der Waals surface area (Å²) < 4.78 is 22.7. The van der Waals surface area contributed by atoms with E-state index in [9.17, 15) is 8.42 Å². The minimum absolute atomic E-state index is 0.216. The summed E-state index contributed by atoms with van der Waals surface area (Å²) in [7, 11) is -2.78. The molecule has 1 saturated heterocycles. The molecule has 1 atom stereocenters. The van der Waals surface area contributed by atoms with Crippen LogP contribution < -0.4 is 5.32 Å². The summed E-state index contributed by atoms with van der Waals surface area (Å²) in [4.78, 5) is 0. The Bertz CT molecular complexity index is 484. The first-order chi connectivity index (χ1) is 8.46. The van der Waals surface area contributed by atoms with Crippen LogP contribution in [0.4, 0.5) is 0 Å². The minimum atomic E-state index is -2.78. The molecule has 100 valence electrons. The van der Waals surface area contributed by atoms with Crippen molar-refractivity contribution in [3.05, 3.63) is 34.9 Å². The quantitative estimate of drug-likeness (QED) is 0.929. The third kappa shape index (κ3) is 3.70. The molecule has 0 bridgehead atoms. The van der Waals surface area contributed by atoms with E-state index in [-0.39, 0.29) is 6.04 Å². The number of sulfone groups is 1. The van der Waals surface area contributed by atoms with Crippen molar-refractivity contribution >= 4 is 21.4 Å². The van der Waals surface area contributed by atoms with Gasteiger partial charge in [-0.05, 0) is 37.5 Å². The van der Waals surface area contributed by atoms with Crippen molar-refractivity contribution < 1.29 is 8.42 Å². The Morgan fingerprint density at radius 2 is 1.78 bits per heavy atom. The summed E-state index contributed by atoms with van der Waals surface area (Å²) in [5, 5.41) is 4.22. The molecule has 1 aliphatic heterocycles. The van der Waals surface area contributed by atoms with Crippen LogP contribution >= 0.6 is 11.6 Å². The first kappa shape index (κ1) is 13.8. The van der Waals surface area contributed by atoms with E-state index in [2.05, 4.69) is 12.2 Å². The Morgan fingerprint density at radius 3 is 2.33 bits per heavy atom. The van der Waals surface area contributed by atoms with E-state index in [1.54, 1.807) is 0 Å². The molecule has 1 aliphatic rings. The van der Waals surface area contributed by atoms with Gasteiger partial charge < -0.3 is 5.32 Å². The molecule has 1 aromatic carbocycles. The van der Waals surface area contributed by atoms with Gasteiger partial charge in [0.1, 0.15) is 9.84 Å². The van der Waals surface area contributed by atoms with E-state index in [0.29, 0.717) is 30.4 Å². The highest BCUT2D eigenvalue weighted by Gasteiger charge is 2.24. The summed E-state index contributed by atoms with van der Waals surface area (Å²) in [6.45, 7) is 2.09. The summed E-state index contributed by atoms with van der Waals surface area (Å²) in [6, 6.07) is 8.26. The third-order valence-corrected chi connectivity index (χ3v) is 5.38. The minimum Gasteiger partial charge on any atom is -0.307 e. The zero-order chi connectivity index (χ0) is 13.2. The maximum Gasteiger partial charge on any atom is 0.150 e. The lowest BCUT2D eigenvalue weighted by Gasteiger charge is -2.26. The van der Waals surface area contributed by atoms with Crippen LogP contribution in [0.3, 0.4) is 0 Å². The standard InChI is InChI=1S/C13H18ClNO2S/c1-10(11-2-4-12(14)5-3-11)15-13-6-8-18(16,17)9-7-13/h2-5,10,13,15H,6-9H2,1H3/t10-/m1/s1. The van der Waals surface area contributed by atoms with Gasteiger partial charge in [0, 0.05) is 17.1 Å². The zero-order valence-electron chi connectivity index (χ0n) is 10.4. The molecule has 0 unspecified atom stereocenters. The number of benzene rings is 1. The molecule has 1 fully saturated rings.